The largest absolute Gasteiger partial charge is 0.477 e. The first-order valence-electron chi connectivity index (χ1n) is 5.35. The average molecular weight is 239 g/mol. The van der Waals surface area contributed by atoms with E-state index in [2.05, 4.69) is 0 Å². The lowest BCUT2D eigenvalue weighted by Crippen LogP contribution is -2.21. The number of esters is 1. The molecule has 0 amide bonds. The minimum absolute atomic E-state index is 0.103. The van der Waals surface area contributed by atoms with Crippen LogP contribution in [0.25, 0.3) is 0 Å². The normalized spacial score (nSPS) is 14.2. The highest BCUT2D eigenvalue weighted by atomic mass is 16.5. The van der Waals surface area contributed by atoms with Gasteiger partial charge in [0.2, 0.25) is 0 Å². The van der Waals surface area contributed by atoms with E-state index >= 15 is 0 Å². The van der Waals surface area contributed by atoms with Gasteiger partial charge < -0.3 is 19.1 Å². The molecule has 0 spiro atoms. The topological polar surface area (TPSA) is 77.8 Å². The van der Waals surface area contributed by atoms with Crippen LogP contribution in [-0.2, 0) is 22.6 Å². The molecule has 6 nitrogen and oxygen atoms in total. The van der Waals surface area contributed by atoms with Gasteiger partial charge in [-0.3, -0.25) is 0 Å². The van der Waals surface area contributed by atoms with E-state index in [-0.39, 0.29) is 24.5 Å². The first kappa shape index (κ1) is 11.7. The molecule has 0 atom stereocenters. The zero-order valence-electron chi connectivity index (χ0n) is 9.43. The van der Waals surface area contributed by atoms with Crippen molar-refractivity contribution in [1.29, 1.82) is 0 Å². The van der Waals surface area contributed by atoms with Crippen LogP contribution in [0.1, 0.15) is 33.5 Å². The molecule has 1 aliphatic rings. The zero-order chi connectivity index (χ0) is 12.4. The Morgan fingerprint density at radius 3 is 3.00 bits per heavy atom. The summed E-state index contributed by atoms with van der Waals surface area (Å²) in [4.78, 5) is 22.7. The van der Waals surface area contributed by atoms with Crippen LogP contribution in [0.3, 0.4) is 0 Å². The van der Waals surface area contributed by atoms with Crippen LogP contribution in [0.4, 0.5) is 0 Å². The van der Waals surface area contributed by atoms with Crippen molar-refractivity contribution in [3.05, 3.63) is 23.0 Å². The third kappa shape index (κ3) is 2.03. The summed E-state index contributed by atoms with van der Waals surface area (Å²) in [6, 6.07) is 1.35. The molecule has 92 valence electrons. The molecule has 1 aromatic rings. The van der Waals surface area contributed by atoms with E-state index in [0.717, 1.165) is 0 Å². The van der Waals surface area contributed by atoms with Gasteiger partial charge >= 0.3 is 11.9 Å². The number of aromatic nitrogens is 1. The lowest BCUT2D eigenvalue weighted by Gasteiger charge is -2.18. The van der Waals surface area contributed by atoms with Gasteiger partial charge in [-0.2, -0.15) is 0 Å². The number of carbonyl (C=O) groups is 2. The molecular formula is C11H13NO5. The van der Waals surface area contributed by atoms with Crippen molar-refractivity contribution in [3.63, 3.8) is 0 Å². The molecule has 0 fully saturated rings. The van der Waals surface area contributed by atoms with Crippen molar-refractivity contribution >= 4 is 11.9 Å². The molecule has 6 heteroatoms. The Hall–Kier alpha value is -1.82. The molecule has 2 rings (SSSR count). The molecule has 1 N–H and O–H groups in total. The van der Waals surface area contributed by atoms with E-state index in [1.54, 1.807) is 11.5 Å². The quantitative estimate of drug-likeness (QED) is 0.792. The monoisotopic (exact) mass is 239 g/mol. The van der Waals surface area contributed by atoms with Crippen molar-refractivity contribution < 1.29 is 24.2 Å². The maximum Gasteiger partial charge on any atom is 0.352 e. The standard InChI is InChI=1S/C11H13NO5/c1-2-17-11(15)7-5-8(10(13)14)12-3-4-16-6-9(7)12/h5H,2-4,6H2,1H3,(H,13,14). The van der Waals surface area contributed by atoms with Crippen LogP contribution in [0.5, 0.6) is 0 Å². The molecule has 0 unspecified atom stereocenters. The molecule has 0 radical (unpaired) electrons. The number of carbonyl (C=O) groups excluding carboxylic acids is 1. The molecule has 2 heterocycles. The summed E-state index contributed by atoms with van der Waals surface area (Å²) < 4.78 is 11.7. The lowest BCUT2D eigenvalue weighted by molar-refractivity contribution is 0.0501. The Morgan fingerprint density at radius 1 is 1.59 bits per heavy atom. The van der Waals surface area contributed by atoms with E-state index < -0.39 is 11.9 Å². The van der Waals surface area contributed by atoms with Crippen molar-refractivity contribution in [1.82, 2.24) is 4.57 Å². The van der Waals surface area contributed by atoms with Crippen LogP contribution >= 0.6 is 0 Å². The van der Waals surface area contributed by atoms with Crippen molar-refractivity contribution in [2.75, 3.05) is 13.2 Å². The van der Waals surface area contributed by atoms with Gasteiger partial charge in [0.25, 0.3) is 0 Å². The fourth-order valence-corrected chi connectivity index (χ4v) is 1.89. The van der Waals surface area contributed by atoms with Gasteiger partial charge in [0.1, 0.15) is 5.69 Å². The number of hydrogen-bond donors (Lipinski definition) is 1. The number of carboxylic acids is 1. The van der Waals surface area contributed by atoms with Gasteiger partial charge in [0, 0.05) is 6.54 Å². The van der Waals surface area contributed by atoms with Crippen LogP contribution < -0.4 is 0 Å². The SMILES string of the molecule is CCOC(=O)c1cc(C(=O)O)n2c1COCC2. The Morgan fingerprint density at radius 2 is 2.35 bits per heavy atom. The fourth-order valence-electron chi connectivity index (χ4n) is 1.89. The number of hydrogen-bond acceptors (Lipinski definition) is 4. The third-order valence-electron chi connectivity index (χ3n) is 2.62. The van der Waals surface area contributed by atoms with Gasteiger partial charge in [-0.1, -0.05) is 0 Å². The summed E-state index contributed by atoms with van der Waals surface area (Å²) in [6.45, 7) is 3.09. The summed E-state index contributed by atoms with van der Waals surface area (Å²) in [5.41, 5.74) is 0.961. The second kappa shape index (κ2) is 4.58. The maximum absolute atomic E-state index is 11.7. The van der Waals surface area contributed by atoms with Gasteiger partial charge in [-0.05, 0) is 13.0 Å². The summed E-state index contributed by atoms with van der Waals surface area (Å²) in [5.74, 6) is -1.56. The number of carboxylic acid groups (broad SMARTS) is 1. The van der Waals surface area contributed by atoms with Crippen LogP contribution in [0.15, 0.2) is 6.07 Å². The van der Waals surface area contributed by atoms with Gasteiger partial charge in [-0.25, -0.2) is 9.59 Å². The number of ether oxygens (including phenoxy) is 2. The minimum atomic E-state index is -1.05. The predicted octanol–water partition coefficient (Wildman–Crippen LogP) is 0.893. The van der Waals surface area contributed by atoms with E-state index in [9.17, 15) is 9.59 Å². The Bertz CT molecular complexity index is 463. The first-order chi connectivity index (χ1) is 8.15. The predicted molar refractivity (Wildman–Crippen MR) is 57.0 cm³/mol. The van der Waals surface area contributed by atoms with Crippen LogP contribution in [0, 0.1) is 0 Å². The van der Waals surface area contributed by atoms with Gasteiger partial charge in [0.05, 0.1) is 31.1 Å². The minimum Gasteiger partial charge on any atom is -0.477 e. The van der Waals surface area contributed by atoms with Crippen LogP contribution in [0.2, 0.25) is 0 Å². The number of nitrogens with zero attached hydrogens (tertiary/aromatic N) is 1. The Labute approximate surface area is 97.7 Å². The summed E-state index contributed by atoms with van der Waals surface area (Å²) in [6.07, 6.45) is 0. The molecule has 0 aromatic carbocycles. The summed E-state index contributed by atoms with van der Waals surface area (Å²) in [5, 5.41) is 9.05. The number of rotatable bonds is 3. The van der Waals surface area contributed by atoms with Gasteiger partial charge in [0.15, 0.2) is 0 Å². The average Bonchev–Trinajstić information content (AvgIpc) is 2.69. The second-order valence-electron chi connectivity index (χ2n) is 3.62. The molecule has 17 heavy (non-hydrogen) atoms. The molecule has 1 aliphatic heterocycles. The summed E-state index contributed by atoms with van der Waals surface area (Å²) >= 11 is 0. The van der Waals surface area contributed by atoms with E-state index in [1.165, 1.54) is 6.07 Å². The Kier molecular flexibility index (Phi) is 3.14. The van der Waals surface area contributed by atoms with Gasteiger partial charge in [-0.15, -0.1) is 0 Å². The van der Waals surface area contributed by atoms with E-state index in [1.807, 2.05) is 0 Å². The van der Waals surface area contributed by atoms with Crippen molar-refractivity contribution in [3.8, 4) is 0 Å². The lowest BCUT2D eigenvalue weighted by atomic mass is 10.2. The molecule has 0 saturated heterocycles. The summed E-state index contributed by atoms with van der Waals surface area (Å²) in [7, 11) is 0. The molecule has 0 saturated carbocycles. The highest BCUT2D eigenvalue weighted by molar-refractivity contribution is 5.95. The highest BCUT2D eigenvalue weighted by Gasteiger charge is 2.26. The first-order valence-corrected chi connectivity index (χ1v) is 5.35. The number of aromatic carboxylic acids is 1. The van der Waals surface area contributed by atoms with E-state index in [0.29, 0.717) is 18.8 Å². The third-order valence-corrected chi connectivity index (χ3v) is 2.62. The smallest absolute Gasteiger partial charge is 0.352 e. The van der Waals surface area contributed by atoms with Crippen molar-refractivity contribution in [2.45, 2.75) is 20.1 Å². The molecule has 1 aromatic heterocycles. The fraction of sp³-hybridized carbons (Fsp3) is 0.455. The van der Waals surface area contributed by atoms with E-state index in [4.69, 9.17) is 14.6 Å². The molecule has 0 bridgehead atoms. The highest BCUT2D eigenvalue weighted by Crippen LogP contribution is 2.21. The maximum atomic E-state index is 11.7. The zero-order valence-corrected chi connectivity index (χ0v) is 9.43. The van der Waals surface area contributed by atoms with Crippen molar-refractivity contribution in [2.24, 2.45) is 0 Å². The molecular weight excluding hydrogens is 226 g/mol. The number of fused-ring (bicyclic) bond motifs is 1. The Balaban J connectivity index is 2.45. The second-order valence-corrected chi connectivity index (χ2v) is 3.62. The van der Waals surface area contributed by atoms with Crippen LogP contribution in [-0.4, -0.2) is 34.8 Å². The molecule has 0 aliphatic carbocycles.